The first-order valence-corrected chi connectivity index (χ1v) is 6.94. The van der Waals surface area contributed by atoms with Crippen molar-refractivity contribution in [2.24, 2.45) is 0 Å². The molecule has 0 aliphatic carbocycles. The molecule has 106 valence electrons. The standard InChI is InChI=1S/C14H24N4O/c1-14(2,3)18-9-7-16-12(13(18)19)17-8-5-6-11(10-17)15-4/h7,9,11,15H,5-6,8,10H2,1-4H3. The molecule has 1 N–H and O–H groups in total. The van der Waals surface area contributed by atoms with Crippen molar-refractivity contribution in [3.05, 3.63) is 22.7 Å². The van der Waals surface area contributed by atoms with E-state index in [0.717, 1.165) is 25.9 Å². The maximum atomic E-state index is 12.5. The Hall–Kier alpha value is -1.36. The van der Waals surface area contributed by atoms with Gasteiger partial charge < -0.3 is 14.8 Å². The lowest BCUT2D eigenvalue weighted by atomic mass is 10.1. The fraction of sp³-hybridized carbons (Fsp3) is 0.714. The lowest BCUT2D eigenvalue weighted by molar-refractivity contribution is 0.380. The van der Waals surface area contributed by atoms with Gasteiger partial charge in [0.2, 0.25) is 0 Å². The number of anilines is 1. The second kappa shape index (κ2) is 5.33. The summed E-state index contributed by atoms with van der Waals surface area (Å²) in [5.74, 6) is 0.581. The Morgan fingerprint density at radius 1 is 1.42 bits per heavy atom. The van der Waals surface area contributed by atoms with Crippen LogP contribution in [0.4, 0.5) is 5.82 Å². The maximum absolute atomic E-state index is 12.5. The lowest BCUT2D eigenvalue weighted by Gasteiger charge is -2.33. The molecule has 1 aromatic rings. The normalized spacial score (nSPS) is 20.6. The van der Waals surface area contributed by atoms with Gasteiger partial charge in [-0.3, -0.25) is 4.79 Å². The van der Waals surface area contributed by atoms with Gasteiger partial charge in [0, 0.05) is 37.1 Å². The molecule has 1 aliphatic rings. The van der Waals surface area contributed by atoms with Crippen LogP contribution in [0.1, 0.15) is 33.6 Å². The number of nitrogens with zero attached hydrogens (tertiary/aromatic N) is 3. The molecule has 0 bridgehead atoms. The minimum Gasteiger partial charge on any atom is -0.350 e. The molecule has 1 aromatic heterocycles. The van der Waals surface area contributed by atoms with Gasteiger partial charge >= 0.3 is 0 Å². The summed E-state index contributed by atoms with van der Waals surface area (Å²) in [4.78, 5) is 19.0. The summed E-state index contributed by atoms with van der Waals surface area (Å²) in [6.07, 6.45) is 5.75. The zero-order chi connectivity index (χ0) is 14.0. The fourth-order valence-electron chi connectivity index (χ4n) is 2.55. The minimum absolute atomic E-state index is 0.00625. The average molecular weight is 264 g/mol. The number of piperidine rings is 1. The summed E-state index contributed by atoms with van der Waals surface area (Å²) in [6.45, 7) is 7.86. The lowest BCUT2D eigenvalue weighted by Crippen LogP contribution is -2.47. The Morgan fingerprint density at radius 3 is 2.79 bits per heavy atom. The first-order valence-electron chi connectivity index (χ1n) is 6.94. The van der Waals surface area contributed by atoms with Crippen molar-refractivity contribution in [3.8, 4) is 0 Å². The zero-order valence-electron chi connectivity index (χ0n) is 12.3. The van der Waals surface area contributed by atoms with Crippen molar-refractivity contribution in [2.45, 2.75) is 45.2 Å². The Labute approximate surface area is 114 Å². The van der Waals surface area contributed by atoms with Gasteiger partial charge in [0.1, 0.15) is 0 Å². The predicted octanol–water partition coefficient (Wildman–Crippen LogP) is 1.19. The molecule has 0 spiro atoms. The molecule has 1 fully saturated rings. The summed E-state index contributed by atoms with van der Waals surface area (Å²) in [5.41, 5.74) is -0.209. The van der Waals surface area contributed by atoms with Crippen molar-refractivity contribution in [1.82, 2.24) is 14.9 Å². The van der Waals surface area contributed by atoms with E-state index >= 15 is 0 Å². The van der Waals surface area contributed by atoms with Gasteiger partial charge in [-0.05, 0) is 40.7 Å². The summed E-state index contributed by atoms with van der Waals surface area (Å²) in [5, 5.41) is 3.29. The number of hydrogen-bond acceptors (Lipinski definition) is 4. The summed E-state index contributed by atoms with van der Waals surface area (Å²) < 4.78 is 1.76. The van der Waals surface area contributed by atoms with Crippen molar-refractivity contribution < 1.29 is 0 Å². The molecule has 0 radical (unpaired) electrons. The molecular formula is C14H24N4O. The quantitative estimate of drug-likeness (QED) is 0.871. The highest BCUT2D eigenvalue weighted by molar-refractivity contribution is 5.37. The Kier molecular flexibility index (Phi) is 3.94. The van der Waals surface area contributed by atoms with Crippen LogP contribution < -0.4 is 15.8 Å². The van der Waals surface area contributed by atoms with Gasteiger partial charge in [0.25, 0.3) is 5.56 Å². The van der Waals surface area contributed by atoms with Crippen LogP contribution in [-0.2, 0) is 5.54 Å². The molecule has 1 atom stereocenters. The third-order valence-electron chi connectivity index (χ3n) is 3.67. The monoisotopic (exact) mass is 264 g/mol. The van der Waals surface area contributed by atoms with E-state index in [1.807, 2.05) is 27.8 Å². The van der Waals surface area contributed by atoms with Crippen LogP contribution in [-0.4, -0.2) is 35.7 Å². The topological polar surface area (TPSA) is 50.2 Å². The third-order valence-corrected chi connectivity index (χ3v) is 3.67. The van der Waals surface area contributed by atoms with E-state index in [1.165, 1.54) is 0 Å². The Bertz CT molecular complexity index is 489. The van der Waals surface area contributed by atoms with Crippen molar-refractivity contribution in [2.75, 3.05) is 25.0 Å². The highest BCUT2D eigenvalue weighted by Gasteiger charge is 2.24. The first-order chi connectivity index (χ1) is 8.93. The van der Waals surface area contributed by atoms with Crippen LogP contribution in [0.2, 0.25) is 0 Å². The smallest absolute Gasteiger partial charge is 0.293 e. The number of hydrogen-bond donors (Lipinski definition) is 1. The highest BCUT2D eigenvalue weighted by Crippen LogP contribution is 2.16. The molecular weight excluding hydrogens is 240 g/mol. The van der Waals surface area contributed by atoms with Crippen LogP contribution >= 0.6 is 0 Å². The molecule has 1 aliphatic heterocycles. The van der Waals surface area contributed by atoms with Gasteiger partial charge in [-0.1, -0.05) is 0 Å². The summed E-state index contributed by atoms with van der Waals surface area (Å²) in [6, 6.07) is 0.443. The largest absolute Gasteiger partial charge is 0.350 e. The predicted molar refractivity (Wildman–Crippen MR) is 77.8 cm³/mol. The van der Waals surface area contributed by atoms with Gasteiger partial charge in [0.15, 0.2) is 5.82 Å². The summed E-state index contributed by atoms with van der Waals surface area (Å²) >= 11 is 0. The number of aromatic nitrogens is 2. The molecule has 1 saturated heterocycles. The highest BCUT2D eigenvalue weighted by atomic mass is 16.1. The molecule has 5 nitrogen and oxygen atoms in total. The Balaban J connectivity index is 2.33. The molecule has 2 rings (SSSR count). The van der Waals surface area contributed by atoms with Gasteiger partial charge in [-0.25, -0.2) is 4.98 Å². The molecule has 19 heavy (non-hydrogen) atoms. The summed E-state index contributed by atoms with van der Waals surface area (Å²) in [7, 11) is 1.97. The van der Waals surface area contributed by atoms with Crippen molar-refractivity contribution in [3.63, 3.8) is 0 Å². The van der Waals surface area contributed by atoms with Crippen LogP contribution in [0.5, 0.6) is 0 Å². The molecule has 5 heteroatoms. The van der Waals surface area contributed by atoms with E-state index < -0.39 is 0 Å². The first kappa shape index (κ1) is 14.1. The van der Waals surface area contributed by atoms with Crippen molar-refractivity contribution >= 4 is 5.82 Å². The van der Waals surface area contributed by atoms with Crippen LogP contribution in [0, 0.1) is 0 Å². The second-order valence-electron chi connectivity index (χ2n) is 6.17. The van der Waals surface area contributed by atoms with E-state index in [4.69, 9.17) is 0 Å². The second-order valence-corrected chi connectivity index (χ2v) is 6.17. The van der Waals surface area contributed by atoms with Gasteiger partial charge in [-0.2, -0.15) is 0 Å². The fourth-order valence-corrected chi connectivity index (χ4v) is 2.55. The third kappa shape index (κ3) is 2.97. The number of nitrogens with one attached hydrogen (secondary N) is 1. The van der Waals surface area contributed by atoms with E-state index in [1.54, 1.807) is 17.0 Å². The Morgan fingerprint density at radius 2 is 2.16 bits per heavy atom. The van der Waals surface area contributed by atoms with Gasteiger partial charge in [-0.15, -0.1) is 0 Å². The van der Waals surface area contributed by atoms with E-state index in [0.29, 0.717) is 11.9 Å². The van der Waals surface area contributed by atoms with Crippen LogP contribution in [0.25, 0.3) is 0 Å². The minimum atomic E-state index is -0.215. The molecule has 2 heterocycles. The number of rotatable bonds is 2. The van der Waals surface area contributed by atoms with Crippen LogP contribution in [0.15, 0.2) is 17.2 Å². The molecule has 0 aromatic carbocycles. The van der Waals surface area contributed by atoms with E-state index in [2.05, 4.69) is 15.2 Å². The van der Waals surface area contributed by atoms with E-state index in [-0.39, 0.29) is 11.1 Å². The van der Waals surface area contributed by atoms with Crippen molar-refractivity contribution in [1.29, 1.82) is 0 Å². The van der Waals surface area contributed by atoms with E-state index in [9.17, 15) is 4.79 Å². The molecule has 0 amide bonds. The maximum Gasteiger partial charge on any atom is 0.293 e. The van der Waals surface area contributed by atoms with Gasteiger partial charge in [0.05, 0.1) is 0 Å². The average Bonchev–Trinajstić information content (AvgIpc) is 2.37. The SMILES string of the molecule is CNC1CCCN(c2nccn(C(C)(C)C)c2=O)C1. The van der Waals surface area contributed by atoms with Crippen LogP contribution in [0.3, 0.4) is 0 Å². The zero-order valence-corrected chi connectivity index (χ0v) is 12.3. The molecule has 1 unspecified atom stereocenters. The number of likely N-dealkylation sites (N-methyl/N-ethyl adjacent to an activating group) is 1. The molecule has 0 saturated carbocycles.